The van der Waals surface area contributed by atoms with Gasteiger partial charge >= 0.3 is 5.97 Å². The van der Waals surface area contributed by atoms with Gasteiger partial charge in [0.2, 0.25) is 10.0 Å². The highest BCUT2D eigenvalue weighted by Crippen LogP contribution is 2.21. The molecule has 106 valence electrons. The minimum atomic E-state index is -3.78. The molecule has 0 fully saturated rings. The molecule has 1 rings (SSSR count). The van der Waals surface area contributed by atoms with E-state index in [1.807, 2.05) is 0 Å². The summed E-state index contributed by atoms with van der Waals surface area (Å²) >= 11 is 5.77. The highest BCUT2D eigenvalue weighted by molar-refractivity contribution is 7.89. The lowest BCUT2D eigenvalue weighted by atomic mass is 10.2. The number of esters is 1. The van der Waals surface area contributed by atoms with Crippen molar-refractivity contribution in [3.05, 3.63) is 23.5 Å². The molecule has 0 amide bonds. The van der Waals surface area contributed by atoms with Gasteiger partial charge < -0.3 is 4.74 Å². The van der Waals surface area contributed by atoms with Crippen LogP contribution in [0.15, 0.2) is 23.2 Å². The number of carbonyl (C=O) groups is 1. The van der Waals surface area contributed by atoms with Gasteiger partial charge in [0.15, 0.2) is 0 Å². The Kier molecular flexibility index (Phi) is 5.28. The van der Waals surface area contributed by atoms with Gasteiger partial charge in [-0.15, -0.1) is 0 Å². The second-order valence-corrected chi connectivity index (χ2v) is 6.37. The number of ether oxygens (including phenoxy) is 1. The summed E-state index contributed by atoms with van der Waals surface area (Å²) < 4.78 is 30.1. The van der Waals surface area contributed by atoms with Gasteiger partial charge in [-0.1, -0.05) is 18.5 Å². The van der Waals surface area contributed by atoms with Crippen LogP contribution >= 0.6 is 11.6 Å². The fraction of sp³-hybridized carbons (Fsp3) is 0.455. The Labute approximate surface area is 117 Å². The smallest absolute Gasteiger partial charge is 0.309 e. The molecule has 1 heterocycles. The SMILES string of the molecule is COC(=O)C(C)CN(C)S(=O)(=O)c1cccnc1Cl. The molecule has 0 aromatic carbocycles. The third-order valence-electron chi connectivity index (χ3n) is 2.55. The number of sulfonamides is 1. The van der Waals surface area contributed by atoms with Gasteiger partial charge in [-0.3, -0.25) is 4.79 Å². The summed E-state index contributed by atoms with van der Waals surface area (Å²) in [7, 11) is -1.15. The van der Waals surface area contributed by atoms with Crippen molar-refractivity contribution in [1.29, 1.82) is 0 Å². The summed E-state index contributed by atoms with van der Waals surface area (Å²) in [6, 6.07) is 2.85. The summed E-state index contributed by atoms with van der Waals surface area (Å²) in [6.45, 7) is 1.59. The molecule has 0 saturated carbocycles. The quantitative estimate of drug-likeness (QED) is 0.603. The zero-order valence-corrected chi connectivity index (χ0v) is 12.4. The number of hydrogen-bond donors (Lipinski definition) is 0. The fourth-order valence-electron chi connectivity index (χ4n) is 1.49. The van der Waals surface area contributed by atoms with Gasteiger partial charge in [0.25, 0.3) is 0 Å². The van der Waals surface area contributed by atoms with E-state index in [4.69, 9.17) is 11.6 Å². The first-order chi connectivity index (χ1) is 8.80. The maximum Gasteiger partial charge on any atom is 0.309 e. The van der Waals surface area contributed by atoms with Crippen molar-refractivity contribution in [1.82, 2.24) is 9.29 Å². The van der Waals surface area contributed by atoms with E-state index < -0.39 is 21.9 Å². The topological polar surface area (TPSA) is 76.6 Å². The van der Waals surface area contributed by atoms with Gasteiger partial charge in [0.1, 0.15) is 10.0 Å². The van der Waals surface area contributed by atoms with E-state index in [1.54, 1.807) is 6.92 Å². The number of pyridine rings is 1. The van der Waals surface area contributed by atoms with Gasteiger partial charge in [-0.25, -0.2) is 13.4 Å². The molecular formula is C11H15ClN2O4S. The number of hydrogen-bond acceptors (Lipinski definition) is 5. The molecule has 8 heteroatoms. The van der Waals surface area contributed by atoms with Crippen molar-refractivity contribution < 1.29 is 17.9 Å². The molecule has 6 nitrogen and oxygen atoms in total. The van der Waals surface area contributed by atoms with Crippen LogP contribution < -0.4 is 0 Å². The predicted octanol–water partition coefficient (Wildman–Crippen LogP) is 1.16. The summed E-state index contributed by atoms with van der Waals surface area (Å²) in [6.07, 6.45) is 1.40. The lowest BCUT2D eigenvalue weighted by molar-refractivity contribution is -0.144. The molecule has 0 bridgehead atoms. The van der Waals surface area contributed by atoms with Crippen LogP contribution in [0.4, 0.5) is 0 Å². The van der Waals surface area contributed by atoms with Crippen molar-refractivity contribution >= 4 is 27.6 Å². The molecule has 0 aliphatic rings. The number of carbonyl (C=O) groups excluding carboxylic acids is 1. The summed E-state index contributed by atoms with van der Waals surface area (Å²) in [5.41, 5.74) is 0. The summed E-state index contributed by atoms with van der Waals surface area (Å²) in [4.78, 5) is 14.9. The van der Waals surface area contributed by atoms with Gasteiger partial charge in [-0.05, 0) is 12.1 Å². The second-order valence-electron chi connectivity index (χ2n) is 4.00. The Balaban J connectivity index is 2.96. The third kappa shape index (κ3) is 3.65. The monoisotopic (exact) mass is 306 g/mol. The summed E-state index contributed by atoms with van der Waals surface area (Å²) in [5.74, 6) is -1.04. The van der Waals surface area contributed by atoms with Gasteiger partial charge in [-0.2, -0.15) is 4.31 Å². The van der Waals surface area contributed by atoms with E-state index in [1.165, 1.54) is 32.5 Å². The minimum absolute atomic E-state index is 0.000228. The minimum Gasteiger partial charge on any atom is -0.469 e. The number of halogens is 1. The normalized spacial score (nSPS) is 13.3. The van der Waals surface area contributed by atoms with Crippen molar-refractivity contribution in [3.8, 4) is 0 Å². The van der Waals surface area contributed by atoms with Crippen LogP contribution in [0.5, 0.6) is 0 Å². The van der Waals surface area contributed by atoms with Crippen LogP contribution in [-0.2, 0) is 19.6 Å². The lowest BCUT2D eigenvalue weighted by Gasteiger charge is -2.20. The maximum absolute atomic E-state index is 12.2. The zero-order chi connectivity index (χ0) is 14.6. The lowest BCUT2D eigenvalue weighted by Crippen LogP contribution is -2.34. The Morgan fingerprint density at radius 3 is 2.74 bits per heavy atom. The molecular weight excluding hydrogens is 292 g/mol. The van der Waals surface area contributed by atoms with E-state index in [0.29, 0.717) is 0 Å². The Morgan fingerprint density at radius 1 is 1.58 bits per heavy atom. The maximum atomic E-state index is 12.2. The van der Waals surface area contributed by atoms with Crippen molar-refractivity contribution in [2.75, 3.05) is 20.7 Å². The van der Waals surface area contributed by atoms with E-state index >= 15 is 0 Å². The van der Waals surface area contributed by atoms with Crippen molar-refractivity contribution in [3.63, 3.8) is 0 Å². The fourth-order valence-corrected chi connectivity index (χ4v) is 3.17. The van der Waals surface area contributed by atoms with Gasteiger partial charge in [0.05, 0.1) is 13.0 Å². The molecule has 1 unspecified atom stereocenters. The van der Waals surface area contributed by atoms with Crippen molar-refractivity contribution in [2.24, 2.45) is 5.92 Å². The third-order valence-corrected chi connectivity index (χ3v) is 4.82. The molecule has 1 aromatic heterocycles. The molecule has 0 aliphatic carbocycles. The largest absolute Gasteiger partial charge is 0.469 e. The number of nitrogens with zero attached hydrogens (tertiary/aromatic N) is 2. The highest BCUT2D eigenvalue weighted by atomic mass is 35.5. The molecule has 0 saturated heterocycles. The first-order valence-electron chi connectivity index (χ1n) is 5.45. The van der Waals surface area contributed by atoms with E-state index in [0.717, 1.165) is 4.31 Å². The Bertz CT molecular complexity index is 562. The van der Waals surface area contributed by atoms with Crippen LogP contribution in [-0.4, -0.2) is 44.4 Å². The standard InChI is InChI=1S/C11H15ClN2O4S/c1-8(11(15)18-3)7-14(2)19(16,17)9-5-4-6-13-10(9)12/h4-6,8H,7H2,1-3H3. The predicted molar refractivity (Wildman–Crippen MR) is 70.2 cm³/mol. The average molecular weight is 307 g/mol. The molecule has 0 N–H and O–H groups in total. The molecule has 0 radical (unpaired) electrons. The van der Waals surface area contributed by atoms with Gasteiger partial charge in [0, 0.05) is 19.8 Å². The average Bonchev–Trinajstić information content (AvgIpc) is 2.37. The van der Waals surface area contributed by atoms with Crippen LogP contribution in [0.2, 0.25) is 5.15 Å². The second kappa shape index (κ2) is 6.31. The Morgan fingerprint density at radius 2 is 2.21 bits per heavy atom. The van der Waals surface area contributed by atoms with Crippen LogP contribution in [0.3, 0.4) is 0 Å². The zero-order valence-electron chi connectivity index (χ0n) is 10.8. The molecule has 19 heavy (non-hydrogen) atoms. The van der Waals surface area contributed by atoms with E-state index in [9.17, 15) is 13.2 Å². The number of rotatable bonds is 5. The first-order valence-corrected chi connectivity index (χ1v) is 7.27. The van der Waals surface area contributed by atoms with Crippen LogP contribution in [0.1, 0.15) is 6.92 Å². The molecule has 0 aliphatic heterocycles. The molecule has 1 aromatic rings. The van der Waals surface area contributed by atoms with Crippen LogP contribution in [0.25, 0.3) is 0 Å². The van der Waals surface area contributed by atoms with Crippen molar-refractivity contribution in [2.45, 2.75) is 11.8 Å². The van der Waals surface area contributed by atoms with E-state index in [2.05, 4.69) is 9.72 Å². The molecule has 0 spiro atoms. The van der Waals surface area contributed by atoms with E-state index in [-0.39, 0.29) is 16.6 Å². The van der Waals surface area contributed by atoms with Crippen LogP contribution in [0, 0.1) is 5.92 Å². The summed E-state index contributed by atoms with van der Waals surface area (Å²) in [5, 5.41) is -0.0972. The molecule has 1 atom stereocenters. The number of aromatic nitrogens is 1. The highest BCUT2D eigenvalue weighted by Gasteiger charge is 2.27. The Hall–Kier alpha value is -1.18. The number of methoxy groups -OCH3 is 1. The first kappa shape index (κ1) is 15.9.